The van der Waals surface area contributed by atoms with Crippen LogP contribution in [0.1, 0.15) is 9.75 Å². The van der Waals surface area contributed by atoms with Gasteiger partial charge in [0, 0.05) is 34.4 Å². The summed E-state index contributed by atoms with van der Waals surface area (Å²) in [7, 11) is 0. The average Bonchev–Trinajstić information content (AvgIpc) is 2.76. The minimum Gasteiger partial charge on any atom is -0.272 e. The molecule has 0 bridgehead atoms. The third-order valence-corrected chi connectivity index (χ3v) is 3.45. The zero-order chi connectivity index (χ0) is 9.97. The van der Waals surface area contributed by atoms with Crippen LogP contribution in [0.5, 0.6) is 0 Å². The molecular weight excluding hydrogens is 212 g/mol. The molecule has 0 radical (unpaired) electrons. The number of rotatable bonds is 3. The van der Waals surface area contributed by atoms with Gasteiger partial charge in [0.1, 0.15) is 6.17 Å². The van der Waals surface area contributed by atoms with Crippen molar-refractivity contribution < 1.29 is 0 Å². The van der Waals surface area contributed by atoms with Crippen molar-refractivity contribution in [2.24, 2.45) is 4.99 Å². The Labute approximate surface area is 93.3 Å². The molecule has 0 saturated heterocycles. The number of hydrogen-bond acceptors (Lipinski definition) is 4. The Morgan fingerprint density at radius 2 is 2.57 bits per heavy atom. The number of aliphatic imine (C=N–C) groups is 1. The van der Waals surface area contributed by atoms with Crippen molar-refractivity contribution in [3.8, 4) is 0 Å². The maximum absolute atomic E-state index is 4.93. The number of hydrogen-bond donors (Lipinski definition) is 0. The van der Waals surface area contributed by atoms with Crippen molar-refractivity contribution in [3.63, 3.8) is 0 Å². The predicted molar refractivity (Wildman–Crippen MR) is 65.4 cm³/mol. The van der Waals surface area contributed by atoms with Gasteiger partial charge in [0.2, 0.25) is 0 Å². The summed E-state index contributed by atoms with van der Waals surface area (Å²) < 4.78 is 0. The van der Waals surface area contributed by atoms with E-state index in [1.165, 1.54) is 9.75 Å². The summed E-state index contributed by atoms with van der Waals surface area (Å²) in [6.45, 7) is 4.00. The highest BCUT2D eigenvalue weighted by Crippen LogP contribution is 2.19. The first-order valence-electron chi connectivity index (χ1n) is 4.56. The van der Waals surface area contributed by atoms with Crippen LogP contribution in [0, 0.1) is 6.92 Å². The second-order valence-electron chi connectivity index (χ2n) is 3.32. The van der Waals surface area contributed by atoms with E-state index in [1.54, 1.807) is 5.37 Å². The first kappa shape index (κ1) is 9.96. The molecule has 1 aliphatic heterocycles. The molecule has 2 heterocycles. The molecule has 4 heteroatoms. The van der Waals surface area contributed by atoms with Gasteiger partial charge in [-0.05, 0) is 19.1 Å². The van der Waals surface area contributed by atoms with Gasteiger partial charge in [-0.1, -0.05) is 12.2 Å². The standard InChI is InChI=1S/C10H12N2S2/c1-8-2-3-9(14-8)6-12-5-4-11-10(12)7-13/h2-4,7,10H,5-6H2,1H3. The van der Waals surface area contributed by atoms with Gasteiger partial charge in [0.25, 0.3) is 0 Å². The normalized spacial score (nSPS) is 21.6. The number of thiocarbonyl (C=S) groups is 1. The predicted octanol–water partition coefficient (Wildman–Crippen LogP) is 2.27. The lowest BCUT2D eigenvalue weighted by atomic mass is 10.4. The van der Waals surface area contributed by atoms with Gasteiger partial charge >= 0.3 is 0 Å². The molecular formula is C10H12N2S2. The molecule has 1 aliphatic rings. The molecule has 74 valence electrons. The summed E-state index contributed by atoms with van der Waals surface area (Å²) >= 11 is 6.78. The van der Waals surface area contributed by atoms with Crippen LogP contribution in [-0.2, 0) is 6.54 Å². The molecule has 1 unspecified atom stereocenters. The van der Waals surface area contributed by atoms with E-state index in [2.05, 4.69) is 28.9 Å². The largest absolute Gasteiger partial charge is 0.272 e. The maximum Gasteiger partial charge on any atom is 0.131 e. The lowest BCUT2D eigenvalue weighted by molar-refractivity contribution is 0.303. The molecule has 0 N–H and O–H groups in total. The summed E-state index contributed by atoms with van der Waals surface area (Å²) in [5.74, 6) is 0. The fraction of sp³-hybridized carbons (Fsp3) is 0.400. The minimum atomic E-state index is 0.104. The first-order chi connectivity index (χ1) is 6.79. The summed E-state index contributed by atoms with van der Waals surface area (Å²) in [5, 5.41) is 1.73. The molecule has 0 aliphatic carbocycles. The minimum absolute atomic E-state index is 0.104. The Balaban J connectivity index is 2.01. The molecule has 1 aromatic rings. The second kappa shape index (κ2) is 4.29. The van der Waals surface area contributed by atoms with Crippen LogP contribution in [0.15, 0.2) is 17.1 Å². The smallest absolute Gasteiger partial charge is 0.131 e. The Kier molecular flexibility index (Phi) is 3.05. The lowest BCUT2D eigenvalue weighted by Crippen LogP contribution is -2.29. The van der Waals surface area contributed by atoms with Gasteiger partial charge in [-0.3, -0.25) is 9.89 Å². The molecule has 0 saturated carbocycles. The fourth-order valence-electron chi connectivity index (χ4n) is 1.51. The number of thiophene rings is 1. The fourth-order valence-corrected chi connectivity index (χ4v) is 2.67. The highest BCUT2D eigenvalue weighted by molar-refractivity contribution is 7.79. The molecule has 1 aromatic heterocycles. The summed E-state index contributed by atoms with van der Waals surface area (Å²) in [6, 6.07) is 4.34. The van der Waals surface area contributed by atoms with Crippen molar-refractivity contribution in [2.45, 2.75) is 19.6 Å². The van der Waals surface area contributed by atoms with Gasteiger partial charge in [0.05, 0.1) is 0 Å². The van der Waals surface area contributed by atoms with E-state index in [0.717, 1.165) is 13.1 Å². The van der Waals surface area contributed by atoms with Crippen molar-refractivity contribution in [1.82, 2.24) is 4.90 Å². The van der Waals surface area contributed by atoms with E-state index in [4.69, 9.17) is 12.2 Å². The van der Waals surface area contributed by atoms with Crippen molar-refractivity contribution >= 4 is 35.1 Å². The second-order valence-corrected chi connectivity index (χ2v) is 4.97. The van der Waals surface area contributed by atoms with Gasteiger partial charge < -0.3 is 0 Å². The molecule has 0 amide bonds. The molecule has 1 atom stereocenters. The topological polar surface area (TPSA) is 15.6 Å². The zero-order valence-electron chi connectivity index (χ0n) is 8.01. The van der Waals surface area contributed by atoms with Crippen LogP contribution in [0.25, 0.3) is 0 Å². The van der Waals surface area contributed by atoms with Crippen molar-refractivity contribution in [3.05, 3.63) is 21.9 Å². The van der Waals surface area contributed by atoms with Crippen LogP contribution in [0.2, 0.25) is 0 Å². The Morgan fingerprint density at radius 3 is 3.21 bits per heavy atom. The van der Waals surface area contributed by atoms with Crippen LogP contribution < -0.4 is 0 Å². The summed E-state index contributed by atoms with van der Waals surface area (Å²) in [4.78, 5) is 9.29. The molecule has 0 fully saturated rings. The Hall–Kier alpha value is -0.580. The molecule has 14 heavy (non-hydrogen) atoms. The highest BCUT2D eigenvalue weighted by Gasteiger charge is 2.18. The average molecular weight is 224 g/mol. The highest BCUT2D eigenvalue weighted by atomic mass is 32.1. The maximum atomic E-state index is 4.93. The quantitative estimate of drug-likeness (QED) is 0.732. The first-order valence-corrected chi connectivity index (χ1v) is 5.84. The van der Waals surface area contributed by atoms with Gasteiger partial charge in [-0.25, -0.2) is 0 Å². The summed E-state index contributed by atoms with van der Waals surface area (Å²) in [5.41, 5.74) is 0. The van der Waals surface area contributed by atoms with E-state index >= 15 is 0 Å². The van der Waals surface area contributed by atoms with Crippen molar-refractivity contribution in [1.29, 1.82) is 0 Å². The third kappa shape index (κ3) is 2.08. The molecule has 0 spiro atoms. The van der Waals surface area contributed by atoms with E-state index in [0.29, 0.717) is 0 Å². The number of nitrogens with zero attached hydrogens (tertiary/aromatic N) is 2. The number of aryl methyl sites for hydroxylation is 1. The summed E-state index contributed by atoms with van der Waals surface area (Å²) in [6.07, 6.45) is 2.04. The van der Waals surface area contributed by atoms with E-state index < -0.39 is 0 Å². The van der Waals surface area contributed by atoms with Crippen LogP contribution >= 0.6 is 23.6 Å². The molecule has 0 aromatic carbocycles. The monoisotopic (exact) mass is 224 g/mol. The third-order valence-electron chi connectivity index (χ3n) is 2.23. The van der Waals surface area contributed by atoms with Gasteiger partial charge in [-0.15, -0.1) is 11.3 Å². The molecule has 2 nitrogen and oxygen atoms in total. The van der Waals surface area contributed by atoms with E-state index in [9.17, 15) is 0 Å². The van der Waals surface area contributed by atoms with E-state index in [-0.39, 0.29) is 6.17 Å². The molecule has 2 rings (SSSR count). The Bertz CT molecular complexity index is 357. The van der Waals surface area contributed by atoms with Crippen LogP contribution in [-0.4, -0.2) is 29.2 Å². The SMILES string of the molecule is Cc1ccc(CN2CC=NC2C=S)s1. The van der Waals surface area contributed by atoms with Gasteiger partial charge in [0.15, 0.2) is 0 Å². The van der Waals surface area contributed by atoms with Crippen LogP contribution in [0.4, 0.5) is 0 Å². The zero-order valence-corrected chi connectivity index (χ0v) is 9.64. The van der Waals surface area contributed by atoms with Gasteiger partial charge in [-0.2, -0.15) is 0 Å². The van der Waals surface area contributed by atoms with Crippen LogP contribution in [0.3, 0.4) is 0 Å². The van der Waals surface area contributed by atoms with E-state index in [1.807, 2.05) is 17.6 Å². The van der Waals surface area contributed by atoms with Crippen molar-refractivity contribution in [2.75, 3.05) is 6.54 Å². The Morgan fingerprint density at radius 1 is 1.71 bits per heavy atom. The lowest BCUT2D eigenvalue weighted by Gasteiger charge is -2.18.